The van der Waals surface area contributed by atoms with Gasteiger partial charge in [-0.2, -0.15) is 0 Å². The SMILES string of the molecule is C=C/C=C(\C=C)C1=C(C)C=C=CC=C1.CC.CC.CC. The molecular formula is C20H32. The Labute approximate surface area is 127 Å². The fraction of sp³-hybridized carbons (Fsp3) is 0.350. The maximum atomic E-state index is 3.79. The highest BCUT2D eigenvalue weighted by Gasteiger charge is 2.01. The molecule has 0 nitrogen and oxygen atoms in total. The summed E-state index contributed by atoms with van der Waals surface area (Å²) in [5, 5.41) is 0. The summed E-state index contributed by atoms with van der Waals surface area (Å²) in [6.45, 7) is 21.5. The second-order valence-corrected chi connectivity index (χ2v) is 3.00. The van der Waals surface area contributed by atoms with Gasteiger partial charge in [0, 0.05) is 0 Å². The molecule has 0 aliphatic heterocycles. The summed E-state index contributed by atoms with van der Waals surface area (Å²) in [5.41, 5.74) is 6.50. The van der Waals surface area contributed by atoms with Crippen molar-refractivity contribution in [3.05, 3.63) is 78.1 Å². The third-order valence-electron chi connectivity index (χ3n) is 2.01. The summed E-state index contributed by atoms with van der Waals surface area (Å²) in [6, 6.07) is 0. The van der Waals surface area contributed by atoms with Crippen LogP contribution in [0.2, 0.25) is 0 Å². The number of rotatable bonds is 3. The molecule has 0 radical (unpaired) electrons. The molecule has 0 unspecified atom stereocenters. The van der Waals surface area contributed by atoms with Crippen LogP contribution in [0.15, 0.2) is 78.1 Å². The van der Waals surface area contributed by atoms with E-state index in [9.17, 15) is 0 Å². The summed E-state index contributed by atoms with van der Waals surface area (Å²) in [6.07, 6.45) is 13.5. The third kappa shape index (κ3) is 10.2. The summed E-state index contributed by atoms with van der Waals surface area (Å²) in [4.78, 5) is 0. The van der Waals surface area contributed by atoms with E-state index in [2.05, 4.69) is 31.9 Å². The van der Waals surface area contributed by atoms with E-state index in [1.54, 1.807) is 6.08 Å². The Kier molecular flexibility index (Phi) is 22.8. The van der Waals surface area contributed by atoms with Crippen molar-refractivity contribution in [2.24, 2.45) is 0 Å². The van der Waals surface area contributed by atoms with Gasteiger partial charge in [0.2, 0.25) is 0 Å². The van der Waals surface area contributed by atoms with Crippen molar-refractivity contribution in [2.45, 2.75) is 48.5 Å². The van der Waals surface area contributed by atoms with Crippen molar-refractivity contribution in [1.29, 1.82) is 0 Å². The van der Waals surface area contributed by atoms with Crippen molar-refractivity contribution >= 4 is 0 Å². The topological polar surface area (TPSA) is 0 Å². The fourth-order valence-electron chi connectivity index (χ4n) is 1.30. The van der Waals surface area contributed by atoms with Crippen LogP contribution in [-0.2, 0) is 0 Å². The molecule has 0 saturated carbocycles. The normalized spacial score (nSPS) is 11.8. The molecule has 0 N–H and O–H groups in total. The highest BCUT2D eigenvalue weighted by atomic mass is 14.0. The Morgan fingerprint density at radius 3 is 2.05 bits per heavy atom. The molecule has 1 aliphatic carbocycles. The van der Waals surface area contributed by atoms with Gasteiger partial charge < -0.3 is 0 Å². The van der Waals surface area contributed by atoms with Gasteiger partial charge in [-0.15, -0.1) is 5.73 Å². The van der Waals surface area contributed by atoms with Gasteiger partial charge in [0.1, 0.15) is 0 Å². The van der Waals surface area contributed by atoms with E-state index in [0.29, 0.717) is 0 Å². The van der Waals surface area contributed by atoms with Crippen LogP contribution in [-0.4, -0.2) is 0 Å². The highest BCUT2D eigenvalue weighted by Crippen LogP contribution is 2.19. The van der Waals surface area contributed by atoms with Gasteiger partial charge in [0.15, 0.2) is 0 Å². The first-order chi connectivity index (χ1) is 9.79. The molecule has 0 heterocycles. The zero-order valence-electron chi connectivity index (χ0n) is 14.5. The molecule has 112 valence electrons. The van der Waals surface area contributed by atoms with Crippen LogP contribution in [0.5, 0.6) is 0 Å². The molecule has 0 spiro atoms. The Morgan fingerprint density at radius 2 is 1.60 bits per heavy atom. The van der Waals surface area contributed by atoms with Crippen molar-refractivity contribution in [1.82, 2.24) is 0 Å². The lowest BCUT2D eigenvalue weighted by Gasteiger charge is -2.04. The highest BCUT2D eigenvalue weighted by molar-refractivity contribution is 5.53. The summed E-state index contributed by atoms with van der Waals surface area (Å²) >= 11 is 0. The van der Waals surface area contributed by atoms with Crippen LogP contribution in [0.1, 0.15) is 48.5 Å². The van der Waals surface area contributed by atoms with Crippen LogP contribution in [0.25, 0.3) is 0 Å². The molecule has 1 aliphatic rings. The maximum Gasteiger partial charge on any atom is -0.0149 e. The van der Waals surface area contributed by atoms with Crippen LogP contribution < -0.4 is 0 Å². The lowest BCUT2D eigenvalue weighted by molar-refractivity contribution is 1.41. The van der Waals surface area contributed by atoms with Crippen molar-refractivity contribution in [2.75, 3.05) is 0 Å². The molecule has 0 aromatic carbocycles. The van der Waals surface area contributed by atoms with E-state index in [-0.39, 0.29) is 0 Å². The predicted octanol–water partition coefficient (Wildman–Crippen LogP) is 6.96. The lowest BCUT2D eigenvalue weighted by Crippen LogP contribution is -1.86. The summed E-state index contributed by atoms with van der Waals surface area (Å²) in [5.74, 6) is 0. The molecule has 0 aromatic rings. The van der Waals surface area contributed by atoms with Crippen LogP contribution in [0.4, 0.5) is 0 Å². The van der Waals surface area contributed by atoms with E-state index in [1.165, 1.54) is 11.1 Å². The molecule has 0 saturated heterocycles. The number of hydrogen-bond donors (Lipinski definition) is 0. The fourth-order valence-corrected chi connectivity index (χ4v) is 1.30. The third-order valence-corrected chi connectivity index (χ3v) is 2.01. The Bertz CT molecular complexity index is 392. The van der Waals surface area contributed by atoms with Crippen molar-refractivity contribution < 1.29 is 0 Å². The Morgan fingerprint density at radius 1 is 1.05 bits per heavy atom. The average molecular weight is 272 g/mol. The van der Waals surface area contributed by atoms with Gasteiger partial charge in [-0.25, -0.2) is 0 Å². The standard InChI is InChI=1S/C14H14.3C2H6/c1-4-9-13(5-2)14-11-8-6-7-10-12(14)3;3*1-2/h4-6,8-11H,1-2H2,3H3;3*1-2H3/b13-9+;;;. The van der Waals surface area contributed by atoms with Crippen LogP contribution in [0.3, 0.4) is 0 Å². The second kappa shape index (κ2) is 19.6. The van der Waals surface area contributed by atoms with E-state index < -0.39 is 0 Å². The average Bonchev–Trinajstić information content (AvgIpc) is 2.75. The Hall–Kier alpha value is -1.78. The zero-order valence-corrected chi connectivity index (χ0v) is 14.5. The molecule has 0 bridgehead atoms. The van der Waals surface area contributed by atoms with Crippen molar-refractivity contribution in [3.8, 4) is 0 Å². The molecular weight excluding hydrogens is 240 g/mol. The first kappa shape index (κ1) is 23.3. The largest absolute Gasteiger partial charge is 0.121 e. The smallest absolute Gasteiger partial charge is 0.0149 e. The monoisotopic (exact) mass is 272 g/mol. The summed E-state index contributed by atoms with van der Waals surface area (Å²) < 4.78 is 0. The molecule has 0 heteroatoms. The zero-order chi connectivity index (χ0) is 16.4. The van der Waals surface area contributed by atoms with E-state index in [0.717, 1.165) is 5.57 Å². The lowest BCUT2D eigenvalue weighted by atomic mass is 10.0. The van der Waals surface area contributed by atoms with E-state index >= 15 is 0 Å². The van der Waals surface area contributed by atoms with E-state index in [1.807, 2.05) is 71.9 Å². The number of allylic oxidation sites excluding steroid dienone is 9. The molecule has 20 heavy (non-hydrogen) atoms. The predicted molar refractivity (Wildman–Crippen MR) is 97.0 cm³/mol. The van der Waals surface area contributed by atoms with Gasteiger partial charge >= 0.3 is 0 Å². The summed E-state index contributed by atoms with van der Waals surface area (Å²) in [7, 11) is 0. The molecule has 0 aromatic heterocycles. The Balaban J connectivity index is -0.000000425. The molecule has 1 rings (SSSR count). The van der Waals surface area contributed by atoms with Gasteiger partial charge in [0.25, 0.3) is 0 Å². The molecule has 0 fully saturated rings. The van der Waals surface area contributed by atoms with Crippen LogP contribution >= 0.6 is 0 Å². The first-order valence-electron chi connectivity index (χ1n) is 7.55. The van der Waals surface area contributed by atoms with Gasteiger partial charge in [0.05, 0.1) is 0 Å². The quantitative estimate of drug-likeness (QED) is 0.385. The maximum absolute atomic E-state index is 3.79. The minimum Gasteiger partial charge on any atom is -0.121 e. The second-order valence-electron chi connectivity index (χ2n) is 3.00. The molecule has 0 atom stereocenters. The van der Waals surface area contributed by atoms with Gasteiger partial charge in [-0.1, -0.05) is 85.1 Å². The minimum absolute atomic E-state index is 1.09. The van der Waals surface area contributed by atoms with Gasteiger partial charge in [-0.05, 0) is 35.8 Å². The van der Waals surface area contributed by atoms with E-state index in [4.69, 9.17) is 0 Å². The van der Waals surface area contributed by atoms with Crippen LogP contribution in [0, 0.1) is 0 Å². The first-order valence-corrected chi connectivity index (χ1v) is 7.55. The van der Waals surface area contributed by atoms with Gasteiger partial charge in [-0.3, -0.25) is 0 Å². The van der Waals surface area contributed by atoms with Crippen molar-refractivity contribution in [3.63, 3.8) is 0 Å². The number of hydrogen-bond acceptors (Lipinski definition) is 0. The molecule has 0 amide bonds. The minimum atomic E-state index is 1.09.